The van der Waals surface area contributed by atoms with Gasteiger partial charge in [0.15, 0.2) is 11.6 Å². The molecule has 0 N–H and O–H groups in total. The van der Waals surface area contributed by atoms with Crippen LogP contribution in [0, 0.1) is 5.82 Å². The molecule has 98 valence electrons. The van der Waals surface area contributed by atoms with E-state index in [2.05, 4.69) is 4.90 Å². The summed E-state index contributed by atoms with van der Waals surface area (Å²) in [4.78, 5) is 16.2. The van der Waals surface area contributed by atoms with Crippen molar-refractivity contribution in [3.05, 3.63) is 29.6 Å². The van der Waals surface area contributed by atoms with Gasteiger partial charge in [-0.3, -0.25) is 4.79 Å². The van der Waals surface area contributed by atoms with Crippen molar-refractivity contribution in [3.63, 3.8) is 0 Å². The minimum Gasteiger partial charge on any atom is -0.494 e. The van der Waals surface area contributed by atoms with Crippen molar-refractivity contribution in [2.24, 2.45) is 0 Å². The van der Waals surface area contributed by atoms with Crippen LogP contribution in [0.15, 0.2) is 18.2 Å². The standard InChI is InChI=1S/C13H17FN2O2/c1-15-5-7-16(8-6-15)13(17)10-3-4-11(14)12(9-10)18-2/h3-4,9H,5-8H2,1-2H3. The van der Waals surface area contributed by atoms with Crippen LogP contribution in [0.25, 0.3) is 0 Å². The number of nitrogens with zero attached hydrogens (tertiary/aromatic N) is 2. The van der Waals surface area contributed by atoms with E-state index in [0.717, 1.165) is 13.1 Å². The third-order valence-electron chi connectivity index (χ3n) is 3.19. The highest BCUT2D eigenvalue weighted by Crippen LogP contribution is 2.19. The van der Waals surface area contributed by atoms with Crippen LogP contribution in [0.5, 0.6) is 5.75 Å². The molecule has 1 aromatic carbocycles. The minimum absolute atomic E-state index is 0.0681. The Kier molecular flexibility index (Phi) is 3.81. The molecule has 1 amide bonds. The van der Waals surface area contributed by atoms with Gasteiger partial charge in [0.05, 0.1) is 7.11 Å². The lowest BCUT2D eigenvalue weighted by molar-refractivity contribution is 0.0663. The number of carbonyl (C=O) groups is 1. The number of ether oxygens (including phenoxy) is 1. The molecule has 0 spiro atoms. The smallest absolute Gasteiger partial charge is 0.254 e. The number of benzene rings is 1. The summed E-state index contributed by atoms with van der Waals surface area (Å²) < 4.78 is 18.2. The highest BCUT2D eigenvalue weighted by molar-refractivity contribution is 5.94. The second-order valence-corrected chi connectivity index (χ2v) is 4.44. The van der Waals surface area contributed by atoms with E-state index in [1.807, 2.05) is 7.05 Å². The minimum atomic E-state index is -0.451. The molecule has 1 aliphatic heterocycles. The van der Waals surface area contributed by atoms with E-state index in [0.29, 0.717) is 18.7 Å². The third-order valence-corrected chi connectivity index (χ3v) is 3.19. The van der Waals surface area contributed by atoms with Crippen LogP contribution in [0.4, 0.5) is 4.39 Å². The van der Waals surface area contributed by atoms with Crippen molar-refractivity contribution < 1.29 is 13.9 Å². The van der Waals surface area contributed by atoms with Crippen LogP contribution < -0.4 is 4.74 Å². The highest BCUT2D eigenvalue weighted by Gasteiger charge is 2.21. The van der Waals surface area contributed by atoms with Gasteiger partial charge in [-0.2, -0.15) is 0 Å². The first kappa shape index (κ1) is 12.8. The zero-order chi connectivity index (χ0) is 13.1. The molecule has 0 saturated carbocycles. The van der Waals surface area contributed by atoms with Crippen molar-refractivity contribution >= 4 is 5.91 Å². The summed E-state index contributed by atoms with van der Waals surface area (Å²) in [5.41, 5.74) is 0.470. The van der Waals surface area contributed by atoms with Crippen molar-refractivity contribution in [2.75, 3.05) is 40.3 Å². The van der Waals surface area contributed by atoms with Crippen molar-refractivity contribution in [3.8, 4) is 5.75 Å². The summed E-state index contributed by atoms with van der Waals surface area (Å²) in [5, 5.41) is 0. The van der Waals surface area contributed by atoms with Crippen LogP contribution in [0.1, 0.15) is 10.4 Å². The van der Waals surface area contributed by atoms with E-state index in [9.17, 15) is 9.18 Å². The maximum absolute atomic E-state index is 13.3. The van der Waals surface area contributed by atoms with Gasteiger partial charge >= 0.3 is 0 Å². The number of hydrogen-bond donors (Lipinski definition) is 0. The van der Waals surface area contributed by atoms with Gasteiger partial charge in [-0.1, -0.05) is 0 Å². The Morgan fingerprint density at radius 1 is 1.28 bits per heavy atom. The van der Waals surface area contributed by atoms with Gasteiger partial charge in [0, 0.05) is 31.7 Å². The van der Waals surface area contributed by atoms with Crippen molar-refractivity contribution in [2.45, 2.75) is 0 Å². The Balaban J connectivity index is 2.13. The molecule has 2 rings (SSSR count). The molecule has 1 aliphatic rings. The van der Waals surface area contributed by atoms with Gasteiger partial charge in [0.1, 0.15) is 0 Å². The second-order valence-electron chi connectivity index (χ2n) is 4.44. The van der Waals surface area contributed by atoms with Crippen LogP contribution >= 0.6 is 0 Å². The van der Waals surface area contributed by atoms with Crippen LogP contribution in [0.2, 0.25) is 0 Å². The number of likely N-dealkylation sites (N-methyl/N-ethyl adjacent to an activating group) is 1. The molecule has 4 nitrogen and oxygen atoms in total. The lowest BCUT2D eigenvalue weighted by Crippen LogP contribution is -2.47. The quantitative estimate of drug-likeness (QED) is 0.793. The zero-order valence-electron chi connectivity index (χ0n) is 10.6. The fraction of sp³-hybridized carbons (Fsp3) is 0.462. The van der Waals surface area contributed by atoms with E-state index >= 15 is 0 Å². The number of piperazine rings is 1. The average Bonchev–Trinajstić information content (AvgIpc) is 2.39. The third kappa shape index (κ3) is 2.61. The molecule has 18 heavy (non-hydrogen) atoms. The van der Waals surface area contributed by atoms with Gasteiger partial charge in [-0.15, -0.1) is 0 Å². The van der Waals surface area contributed by atoms with Crippen LogP contribution in [-0.4, -0.2) is 56.0 Å². The number of rotatable bonds is 2. The number of halogens is 1. The molecule has 0 radical (unpaired) electrons. The molecule has 0 aromatic heterocycles. The van der Waals surface area contributed by atoms with Crippen molar-refractivity contribution in [1.29, 1.82) is 0 Å². The number of carbonyl (C=O) groups excluding carboxylic acids is 1. The van der Waals surface area contributed by atoms with Gasteiger partial charge in [-0.25, -0.2) is 4.39 Å². The first-order valence-corrected chi connectivity index (χ1v) is 5.93. The van der Waals surface area contributed by atoms with E-state index in [1.165, 1.54) is 25.3 Å². The van der Waals surface area contributed by atoms with Gasteiger partial charge < -0.3 is 14.5 Å². The molecule has 0 atom stereocenters. The topological polar surface area (TPSA) is 32.8 Å². The van der Waals surface area contributed by atoms with E-state index in [-0.39, 0.29) is 11.7 Å². The molecular formula is C13H17FN2O2. The summed E-state index contributed by atoms with van der Waals surface area (Å²) in [6.45, 7) is 3.14. The predicted molar refractivity (Wildman–Crippen MR) is 66.4 cm³/mol. The number of hydrogen-bond acceptors (Lipinski definition) is 3. The molecule has 1 heterocycles. The Morgan fingerprint density at radius 3 is 2.56 bits per heavy atom. The maximum Gasteiger partial charge on any atom is 0.254 e. The highest BCUT2D eigenvalue weighted by atomic mass is 19.1. The predicted octanol–water partition coefficient (Wildman–Crippen LogP) is 1.22. The molecular weight excluding hydrogens is 235 g/mol. The summed E-state index contributed by atoms with van der Waals surface area (Å²) >= 11 is 0. The summed E-state index contributed by atoms with van der Waals surface area (Å²) in [5.74, 6) is -0.413. The van der Waals surface area contributed by atoms with E-state index in [4.69, 9.17) is 4.74 Å². The Hall–Kier alpha value is -1.62. The Bertz CT molecular complexity index is 443. The molecule has 0 aliphatic carbocycles. The molecule has 1 saturated heterocycles. The normalized spacial score (nSPS) is 16.7. The van der Waals surface area contributed by atoms with Gasteiger partial charge in [0.25, 0.3) is 5.91 Å². The fourth-order valence-corrected chi connectivity index (χ4v) is 1.98. The molecule has 0 bridgehead atoms. The summed E-state index contributed by atoms with van der Waals surface area (Å²) in [6, 6.07) is 4.22. The first-order chi connectivity index (χ1) is 8.61. The van der Waals surface area contributed by atoms with E-state index < -0.39 is 5.82 Å². The fourth-order valence-electron chi connectivity index (χ4n) is 1.98. The molecule has 0 unspecified atom stereocenters. The Morgan fingerprint density at radius 2 is 1.94 bits per heavy atom. The monoisotopic (exact) mass is 252 g/mol. The largest absolute Gasteiger partial charge is 0.494 e. The first-order valence-electron chi connectivity index (χ1n) is 5.93. The molecule has 5 heteroatoms. The second kappa shape index (κ2) is 5.35. The van der Waals surface area contributed by atoms with Crippen LogP contribution in [-0.2, 0) is 0 Å². The Labute approximate surface area is 106 Å². The van der Waals surface area contributed by atoms with Gasteiger partial charge in [0.2, 0.25) is 0 Å². The molecule has 1 fully saturated rings. The molecule has 1 aromatic rings. The van der Waals surface area contributed by atoms with E-state index in [1.54, 1.807) is 4.90 Å². The zero-order valence-corrected chi connectivity index (χ0v) is 10.6. The lowest BCUT2D eigenvalue weighted by atomic mass is 10.1. The SMILES string of the molecule is COc1cc(C(=O)N2CCN(C)CC2)ccc1F. The summed E-state index contributed by atoms with van der Waals surface area (Å²) in [6.07, 6.45) is 0. The lowest BCUT2D eigenvalue weighted by Gasteiger charge is -2.32. The average molecular weight is 252 g/mol. The number of methoxy groups -OCH3 is 1. The number of amides is 1. The maximum atomic E-state index is 13.3. The van der Waals surface area contributed by atoms with Gasteiger partial charge in [-0.05, 0) is 25.2 Å². The van der Waals surface area contributed by atoms with Crippen molar-refractivity contribution in [1.82, 2.24) is 9.80 Å². The van der Waals surface area contributed by atoms with Crippen LogP contribution in [0.3, 0.4) is 0 Å². The summed E-state index contributed by atoms with van der Waals surface area (Å²) in [7, 11) is 3.42.